The molecule has 0 amide bonds. The Kier molecular flexibility index (Phi) is 3.34. The lowest BCUT2D eigenvalue weighted by Crippen LogP contribution is -2.13. The second-order valence-electron chi connectivity index (χ2n) is 3.78. The lowest BCUT2D eigenvalue weighted by atomic mass is 10.4. The van der Waals surface area contributed by atoms with Crippen LogP contribution in [-0.4, -0.2) is 30.0 Å². The van der Waals surface area contributed by atoms with Crippen LogP contribution in [0.15, 0.2) is 17.1 Å². The van der Waals surface area contributed by atoms with Gasteiger partial charge < -0.3 is 10.1 Å². The highest BCUT2D eigenvalue weighted by Crippen LogP contribution is 2.28. The molecule has 0 saturated heterocycles. The molecule has 1 saturated carbocycles. The highest BCUT2D eigenvalue weighted by atomic mass is 16.5. The zero-order valence-corrected chi connectivity index (χ0v) is 8.53. The summed E-state index contributed by atoms with van der Waals surface area (Å²) in [5.41, 5.74) is 0.535. The Bertz CT molecular complexity index is 360. The molecule has 1 aliphatic carbocycles. The first-order chi connectivity index (χ1) is 7.34. The van der Waals surface area contributed by atoms with Crippen LogP contribution in [0, 0.1) is 5.92 Å². The zero-order chi connectivity index (χ0) is 10.5. The average molecular weight is 209 g/mol. The summed E-state index contributed by atoms with van der Waals surface area (Å²) in [5.74, 6) is 0.797. The van der Waals surface area contributed by atoms with Crippen molar-refractivity contribution in [1.29, 1.82) is 0 Å². The Morgan fingerprint density at radius 1 is 1.60 bits per heavy atom. The van der Waals surface area contributed by atoms with E-state index < -0.39 is 0 Å². The van der Waals surface area contributed by atoms with Gasteiger partial charge >= 0.3 is 0 Å². The van der Waals surface area contributed by atoms with E-state index in [1.165, 1.54) is 18.9 Å². The molecule has 0 bridgehead atoms. The van der Waals surface area contributed by atoms with Crippen LogP contribution in [0.25, 0.3) is 0 Å². The smallest absolute Gasteiger partial charge is 0.266 e. The largest absolute Gasteiger partial charge is 0.381 e. The van der Waals surface area contributed by atoms with Crippen molar-refractivity contribution in [3.63, 3.8) is 0 Å². The molecule has 1 heterocycles. The molecule has 1 fully saturated rings. The number of rotatable bonds is 6. The summed E-state index contributed by atoms with van der Waals surface area (Å²) in [6.07, 6.45) is 4.21. The highest BCUT2D eigenvalue weighted by Gasteiger charge is 2.20. The summed E-state index contributed by atoms with van der Waals surface area (Å²) in [5, 5.41) is 9.07. The van der Waals surface area contributed by atoms with E-state index in [0.29, 0.717) is 13.2 Å². The van der Waals surface area contributed by atoms with Crippen molar-refractivity contribution in [3.8, 4) is 0 Å². The quantitative estimate of drug-likeness (QED) is 0.673. The summed E-state index contributed by atoms with van der Waals surface area (Å²) in [6, 6.07) is 1.48. The van der Waals surface area contributed by atoms with E-state index in [1.807, 2.05) is 0 Å². The van der Waals surface area contributed by atoms with Gasteiger partial charge in [0.05, 0.1) is 18.5 Å². The van der Waals surface area contributed by atoms with Gasteiger partial charge in [-0.25, -0.2) is 5.10 Å². The predicted octanol–water partition coefficient (Wildman–Crippen LogP) is 0.608. The number of anilines is 1. The molecule has 82 valence electrons. The van der Waals surface area contributed by atoms with Crippen molar-refractivity contribution in [1.82, 2.24) is 10.2 Å². The molecule has 0 aromatic carbocycles. The standard InChI is InChI=1S/C10H15N3O2/c14-10-5-9(6-12-13-10)11-3-4-15-7-8-1-2-8/h5-6,8H,1-4,7H2,(H2,11,13,14). The van der Waals surface area contributed by atoms with E-state index in [4.69, 9.17) is 4.74 Å². The molecule has 0 aliphatic heterocycles. The molecule has 2 N–H and O–H groups in total. The second kappa shape index (κ2) is 4.93. The van der Waals surface area contributed by atoms with Gasteiger partial charge in [0.2, 0.25) is 0 Å². The lowest BCUT2D eigenvalue weighted by Gasteiger charge is -2.05. The minimum atomic E-state index is -0.195. The van der Waals surface area contributed by atoms with Crippen molar-refractivity contribution in [3.05, 3.63) is 22.6 Å². The fourth-order valence-corrected chi connectivity index (χ4v) is 1.27. The normalized spacial score (nSPS) is 15.2. The van der Waals surface area contributed by atoms with E-state index in [2.05, 4.69) is 15.5 Å². The minimum Gasteiger partial charge on any atom is -0.381 e. The summed E-state index contributed by atoms with van der Waals surface area (Å²) in [4.78, 5) is 10.9. The number of nitrogens with zero attached hydrogens (tertiary/aromatic N) is 1. The van der Waals surface area contributed by atoms with Crippen LogP contribution < -0.4 is 10.9 Å². The second-order valence-corrected chi connectivity index (χ2v) is 3.78. The molecule has 1 aromatic rings. The molecule has 2 rings (SSSR count). The fourth-order valence-electron chi connectivity index (χ4n) is 1.27. The van der Waals surface area contributed by atoms with Gasteiger partial charge in [0, 0.05) is 19.2 Å². The number of hydrogen-bond acceptors (Lipinski definition) is 4. The van der Waals surface area contributed by atoms with Gasteiger partial charge in [0.15, 0.2) is 0 Å². The maximum absolute atomic E-state index is 10.9. The van der Waals surface area contributed by atoms with Gasteiger partial charge in [0.1, 0.15) is 0 Å². The molecule has 0 spiro atoms. The maximum Gasteiger partial charge on any atom is 0.266 e. The highest BCUT2D eigenvalue weighted by molar-refractivity contribution is 5.38. The minimum absolute atomic E-state index is 0.195. The molecule has 5 nitrogen and oxygen atoms in total. The van der Waals surface area contributed by atoms with E-state index in [0.717, 1.165) is 18.2 Å². The number of aromatic nitrogens is 2. The number of nitrogens with one attached hydrogen (secondary N) is 2. The van der Waals surface area contributed by atoms with Crippen LogP contribution in [-0.2, 0) is 4.74 Å². The van der Waals surface area contributed by atoms with Gasteiger partial charge in [-0.05, 0) is 18.8 Å². The van der Waals surface area contributed by atoms with Crippen molar-refractivity contribution in [2.24, 2.45) is 5.92 Å². The van der Waals surface area contributed by atoms with Crippen molar-refractivity contribution in [2.45, 2.75) is 12.8 Å². The molecule has 0 unspecified atom stereocenters. The first-order valence-corrected chi connectivity index (χ1v) is 5.21. The molecule has 1 aromatic heterocycles. The molecular formula is C10H15N3O2. The van der Waals surface area contributed by atoms with Crippen LogP contribution in [0.1, 0.15) is 12.8 Å². The Morgan fingerprint density at radius 3 is 3.20 bits per heavy atom. The van der Waals surface area contributed by atoms with Crippen LogP contribution >= 0.6 is 0 Å². The monoisotopic (exact) mass is 209 g/mol. The number of H-pyrrole nitrogens is 1. The van der Waals surface area contributed by atoms with Crippen molar-refractivity contribution < 1.29 is 4.74 Å². The summed E-state index contributed by atoms with van der Waals surface area (Å²) >= 11 is 0. The third kappa shape index (κ3) is 3.71. The topological polar surface area (TPSA) is 67.0 Å². The zero-order valence-electron chi connectivity index (χ0n) is 8.53. The third-order valence-electron chi connectivity index (χ3n) is 2.29. The molecule has 0 atom stereocenters. The Balaban J connectivity index is 1.62. The fraction of sp³-hybridized carbons (Fsp3) is 0.600. The Morgan fingerprint density at radius 2 is 2.47 bits per heavy atom. The Hall–Kier alpha value is -1.36. The first kappa shape index (κ1) is 10.2. The molecule has 0 radical (unpaired) electrons. The predicted molar refractivity (Wildman–Crippen MR) is 56.9 cm³/mol. The van der Waals surface area contributed by atoms with Gasteiger partial charge in [-0.2, -0.15) is 5.10 Å². The van der Waals surface area contributed by atoms with E-state index in [1.54, 1.807) is 6.20 Å². The maximum atomic E-state index is 10.9. The first-order valence-electron chi connectivity index (χ1n) is 5.21. The van der Waals surface area contributed by atoms with Crippen LogP contribution in [0.4, 0.5) is 5.69 Å². The van der Waals surface area contributed by atoms with E-state index in [-0.39, 0.29) is 5.56 Å². The van der Waals surface area contributed by atoms with Gasteiger partial charge in [-0.1, -0.05) is 0 Å². The van der Waals surface area contributed by atoms with Gasteiger partial charge in [-0.3, -0.25) is 4.79 Å². The van der Waals surface area contributed by atoms with E-state index in [9.17, 15) is 4.79 Å². The molecule has 5 heteroatoms. The molecular weight excluding hydrogens is 194 g/mol. The SMILES string of the molecule is O=c1cc(NCCOCC2CC2)cn[nH]1. The van der Waals surface area contributed by atoms with Crippen LogP contribution in [0.5, 0.6) is 0 Å². The number of hydrogen-bond donors (Lipinski definition) is 2. The average Bonchev–Trinajstić information content (AvgIpc) is 3.01. The molecule has 1 aliphatic rings. The van der Waals surface area contributed by atoms with Gasteiger partial charge in [-0.15, -0.1) is 0 Å². The summed E-state index contributed by atoms with van der Waals surface area (Å²) < 4.78 is 5.44. The summed E-state index contributed by atoms with van der Waals surface area (Å²) in [7, 11) is 0. The van der Waals surface area contributed by atoms with Crippen molar-refractivity contribution in [2.75, 3.05) is 25.1 Å². The van der Waals surface area contributed by atoms with E-state index >= 15 is 0 Å². The van der Waals surface area contributed by atoms with Crippen LogP contribution in [0.3, 0.4) is 0 Å². The summed E-state index contributed by atoms with van der Waals surface area (Å²) in [6.45, 7) is 2.25. The number of ether oxygens (including phenoxy) is 1. The van der Waals surface area contributed by atoms with Crippen molar-refractivity contribution >= 4 is 5.69 Å². The lowest BCUT2D eigenvalue weighted by molar-refractivity contribution is 0.134. The number of aromatic amines is 1. The Labute approximate surface area is 87.8 Å². The molecule has 15 heavy (non-hydrogen) atoms. The van der Waals surface area contributed by atoms with Crippen LogP contribution in [0.2, 0.25) is 0 Å². The van der Waals surface area contributed by atoms with Gasteiger partial charge in [0.25, 0.3) is 5.56 Å². The third-order valence-corrected chi connectivity index (χ3v) is 2.29.